The number of hydrogen-bond donors (Lipinski definition) is 1. The predicted molar refractivity (Wildman–Crippen MR) is 145 cm³/mol. The Balaban J connectivity index is 0.00000294. The Morgan fingerprint density at radius 2 is 1.84 bits per heavy atom. The molecule has 2 aromatic carbocycles. The number of methoxy groups -OCH3 is 2. The van der Waals surface area contributed by atoms with Crippen LogP contribution in [0, 0.1) is 5.92 Å². The lowest BCUT2D eigenvalue weighted by Gasteiger charge is -2.42. The lowest BCUT2D eigenvalue weighted by atomic mass is 9.83. The average Bonchev–Trinajstić information content (AvgIpc) is 3.21. The van der Waals surface area contributed by atoms with Gasteiger partial charge in [-0.1, -0.05) is 18.2 Å². The van der Waals surface area contributed by atoms with Crippen LogP contribution in [0.2, 0.25) is 0 Å². The number of likely N-dealkylation sites (tertiary alicyclic amines) is 1. The number of nitrogens with zero attached hydrogens (tertiary/aromatic N) is 2. The van der Waals surface area contributed by atoms with Crippen molar-refractivity contribution in [1.29, 1.82) is 0 Å². The lowest BCUT2D eigenvalue weighted by molar-refractivity contribution is 0.101. The third-order valence-electron chi connectivity index (χ3n) is 7.57. The van der Waals surface area contributed by atoms with E-state index in [4.69, 9.17) is 14.2 Å². The Bertz CT molecular complexity index is 1500. The number of aromatic hydroxyl groups is 1. The maximum Gasteiger partial charge on any atom is 0.250 e. The summed E-state index contributed by atoms with van der Waals surface area (Å²) in [5.74, 6) is 2.07. The topological polar surface area (TPSA) is 90.2 Å². The Morgan fingerprint density at radius 1 is 1.03 bits per heavy atom. The van der Waals surface area contributed by atoms with Crippen molar-refractivity contribution in [3.05, 3.63) is 87.0 Å². The van der Waals surface area contributed by atoms with E-state index in [2.05, 4.69) is 4.90 Å². The highest BCUT2D eigenvalue weighted by molar-refractivity contribution is 6.15. The molecule has 4 heterocycles. The molecule has 1 saturated heterocycles. The molecule has 9 heteroatoms. The number of benzene rings is 2. The minimum Gasteiger partial charge on any atom is -0.507 e. The number of carbonyl (C=O) groups is 1. The first-order valence-electron chi connectivity index (χ1n) is 12.4. The molecule has 8 nitrogen and oxygen atoms in total. The fraction of sp³-hybridized carbons (Fsp3) is 0.310. The highest BCUT2D eigenvalue weighted by Crippen LogP contribution is 2.43. The number of pyridine rings is 1. The molecule has 2 atom stereocenters. The van der Waals surface area contributed by atoms with Crippen LogP contribution in [0.1, 0.15) is 39.5 Å². The van der Waals surface area contributed by atoms with Gasteiger partial charge in [-0.25, -0.2) is 0 Å². The van der Waals surface area contributed by atoms with Crippen molar-refractivity contribution < 1.29 is 24.1 Å². The summed E-state index contributed by atoms with van der Waals surface area (Å²) in [5.41, 5.74) is 2.80. The normalized spacial score (nSPS) is 20.8. The van der Waals surface area contributed by atoms with Crippen molar-refractivity contribution in [2.75, 3.05) is 27.3 Å². The molecule has 0 saturated carbocycles. The van der Waals surface area contributed by atoms with Crippen LogP contribution in [0.4, 0.5) is 0 Å². The molecule has 3 aliphatic heterocycles. The number of piperidine rings is 1. The van der Waals surface area contributed by atoms with Gasteiger partial charge in [0.05, 0.1) is 25.3 Å². The molecule has 0 radical (unpaired) electrons. The molecule has 1 aromatic heterocycles. The first-order chi connectivity index (χ1) is 18.0. The van der Waals surface area contributed by atoms with E-state index in [-0.39, 0.29) is 41.2 Å². The van der Waals surface area contributed by atoms with Gasteiger partial charge in [-0.2, -0.15) is 0 Å². The summed E-state index contributed by atoms with van der Waals surface area (Å²) in [7, 11) is 3.10. The number of allylic oxidation sites excluding steroid dienone is 1. The highest BCUT2D eigenvalue weighted by Gasteiger charge is 2.37. The summed E-state index contributed by atoms with van der Waals surface area (Å²) < 4.78 is 18.9. The Labute approximate surface area is 226 Å². The summed E-state index contributed by atoms with van der Waals surface area (Å²) in [6, 6.07) is 14.1. The summed E-state index contributed by atoms with van der Waals surface area (Å²) in [6.45, 7) is 2.71. The molecule has 2 bridgehead atoms. The minimum atomic E-state index is -0.245. The number of fused-ring (bicyclic) bond motifs is 5. The molecule has 0 spiro atoms. The number of phenolic OH excluding ortho intramolecular Hbond substituents is 1. The van der Waals surface area contributed by atoms with E-state index >= 15 is 0 Å². The van der Waals surface area contributed by atoms with Crippen molar-refractivity contribution in [2.45, 2.75) is 25.4 Å². The van der Waals surface area contributed by atoms with Crippen molar-refractivity contribution >= 4 is 24.3 Å². The van der Waals surface area contributed by atoms with Gasteiger partial charge in [0.2, 0.25) is 5.78 Å². The standard InChI is InChI=1S/C29H28N2O6.ClH/c1-35-24-7-3-5-18(28(24)36-2)12-25-27(34)20-9-10-23(32)21(29(20)37-25)16-30-13-17-11-19(15-30)22-6-4-8-26(33)31(22)14-17;/h3-10,12,17,19,32H,11,13-16H2,1-2H3;1H. The molecular weight excluding hydrogens is 508 g/mol. The summed E-state index contributed by atoms with van der Waals surface area (Å²) >= 11 is 0. The first-order valence-corrected chi connectivity index (χ1v) is 12.4. The Hall–Kier alpha value is -3.75. The van der Waals surface area contributed by atoms with E-state index in [1.165, 1.54) is 0 Å². The van der Waals surface area contributed by atoms with Crippen LogP contribution in [0.25, 0.3) is 6.08 Å². The number of ketones is 1. The van der Waals surface area contributed by atoms with E-state index in [9.17, 15) is 14.7 Å². The summed E-state index contributed by atoms with van der Waals surface area (Å²) in [5, 5.41) is 10.8. The number of aromatic nitrogens is 1. The minimum absolute atomic E-state index is 0. The zero-order valence-electron chi connectivity index (χ0n) is 21.2. The average molecular weight is 537 g/mol. The van der Waals surface area contributed by atoms with Gasteiger partial charge in [0.15, 0.2) is 17.3 Å². The highest BCUT2D eigenvalue weighted by atomic mass is 35.5. The van der Waals surface area contributed by atoms with Gasteiger partial charge in [-0.3, -0.25) is 14.5 Å². The number of carbonyl (C=O) groups excluding carboxylic acids is 1. The fourth-order valence-electron chi connectivity index (χ4n) is 5.96. The number of hydrogen-bond acceptors (Lipinski definition) is 7. The van der Waals surface area contributed by atoms with Crippen molar-refractivity contribution in [2.24, 2.45) is 5.92 Å². The second-order valence-corrected chi connectivity index (χ2v) is 9.85. The Kier molecular flexibility index (Phi) is 6.94. The third-order valence-corrected chi connectivity index (χ3v) is 7.57. The second-order valence-electron chi connectivity index (χ2n) is 9.85. The van der Waals surface area contributed by atoms with Gasteiger partial charge in [-0.05, 0) is 42.7 Å². The maximum atomic E-state index is 13.2. The van der Waals surface area contributed by atoms with Gasteiger partial charge < -0.3 is 23.9 Å². The predicted octanol–water partition coefficient (Wildman–Crippen LogP) is 4.23. The van der Waals surface area contributed by atoms with Crippen LogP contribution in [0.3, 0.4) is 0 Å². The zero-order valence-corrected chi connectivity index (χ0v) is 22.0. The van der Waals surface area contributed by atoms with E-state index < -0.39 is 0 Å². The van der Waals surface area contributed by atoms with E-state index in [1.807, 2.05) is 28.8 Å². The van der Waals surface area contributed by atoms with Gasteiger partial charge in [-0.15, -0.1) is 12.4 Å². The molecule has 2 unspecified atom stereocenters. The van der Waals surface area contributed by atoms with E-state index in [0.717, 1.165) is 25.2 Å². The van der Waals surface area contributed by atoms with E-state index in [0.29, 0.717) is 52.9 Å². The van der Waals surface area contributed by atoms with Crippen LogP contribution in [-0.4, -0.2) is 47.7 Å². The van der Waals surface area contributed by atoms with Crippen molar-refractivity contribution in [1.82, 2.24) is 9.47 Å². The fourth-order valence-corrected chi connectivity index (χ4v) is 5.96. The smallest absolute Gasteiger partial charge is 0.250 e. The molecule has 1 fully saturated rings. The number of ether oxygens (including phenoxy) is 3. The van der Waals surface area contributed by atoms with Crippen LogP contribution in [0.15, 0.2) is 59.1 Å². The zero-order chi connectivity index (χ0) is 25.7. The molecule has 3 aromatic rings. The quantitative estimate of drug-likeness (QED) is 0.488. The largest absolute Gasteiger partial charge is 0.507 e. The number of halogens is 1. The summed E-state index contributed by atoms with van der Waals surface area (Å²) in [6.07, 6.45) is 2.69. The summed E-state index contributed by atoms with van der Waals surface area (Å²) in [4.78, 5) is 27.9. The van der Waals surface area contributed by atoms with Crippen molar-refractivity contribution in [3.63, 3.8) is 0 Å². The SMILES string of the molecule is COc1cccc(C=C2Oc3c(ccc(O)c3CN3CC4CC(C3)c3cccc(=O)n3C4)C2=O)c1OC.Cl. The van der Waals surface area contributed by atoms with Gasteiger partial charge in [0, 0.05) is 49.4 Å². The maximum absolute atomic E-state index is 13.2. The number of phenols is 1. The molecule has 6 rings (SSSR count). The molecule has 198 valence electrons. The molecule has 1 N–H and O–H groups in total. The molecule has 3 aliphatic rings. The van der Waals surface area contributed by atoms with Crippen LogP contribution in [-0.2, 0) is 13.1 Å². The number of rotatable bonds is 5. The van der Waals surface area contributed by atoms with E-state index in [1.54, 1.807) is 44.6 Å². The molecule has 0 aliphatic carbocycles. The van der Waals surface area contributed by atoms with Gasteiger partial charge >= 0.3 is 0 Å². The molecule has 0 amide bonds. The monoisotopic (exact) mass is 536 g/mol. The lowest BCUT2D eigenvalue weighted by Crippen LogP contribution is -2.46. The van der Waals surface area contributed by atoms with Crippen LogP contribution < -0.4 is 19.8 Å². The number of para-hydroxylation sites is 1. The third kappa shape index (κ3) is 4.33. The number of Topliss-reactive ketones (excluding diaryl/α,β-unsaturated/α-hetero) is 1. The van der Waals surface area contributed by atoms with Crippen LogP contribution >= 0.6 is 12.4 Å². The van der Waals surface area contributed by atoms with Crippen molar-refractivity contribution in [3.8, 4) is 23.0 Å². The molecular formula is C29H29ClN2O6. The molecule has 38 heavy (non-hydrogen) atoms. The first kappa shape index (κ1) is 25.9. The Morgan fingerprint density at radius 3 is 2.63 bits per heavy atom. The van der Waals surface area contributed by atoms with Crippen LogP contribution in [0.5, 0.6) is 23.0 Å². The van der Waals surface area contributed by atoms with Gasteiger partial charge in [0.25, 0.3) is 5.56 Å². The second kappa shape index (κ2) is 10.2. The van der Waals surface area contributed by atoms with Gasteiger partial charge in [0.1, 0.15) is 11.5 Å².